The molecule has 0 aliphatic carbocycles. The van der Waals surface area contributed by atoms with Crippen molar-refractivity contribution >= 4 is 0 Å². The van der Waals surface area contributed by atoms with Crippen LogP contribution in [-0.2, 0) is 12.6 Å². The van der Waals surface area contributed by atoms with Crippen molar-refractivity contribution in [1.29, 1.82) is 0 Å². The first-order valence-corrected chi connectivity index (χ1v) is 7.60. The van der Waals surface area contributed by atoms with E-state index in [0.717, 1.165) is 12.3 Å². The zero-order chi connectivity index (χ0) is 17.8. The van der Waals surface area contributed by atoms with Crippen LogP contribution in [-0.4, -0.2) is 19.7 Å². The summed E-state index contributed by atoms with van der Waals surface area (Å²) in [4.78, 5) is 3.64. The molecule has 0 radical (unpaired) electrons. The second-order valence-electron chi connectivity index (χ2n) is 6.09. The van der Waals surface area contributed by atoms with Gasteiger partial charge in [-0.25, -0.2) is 4.39 Å². The third-order valence-electron chi connectivity index (χ3n) is 4.32. The number of hydrogen-bond donors (Lipinski definition) is 0. The van der Waals surface area contributed by atoms with Crippen molar-refractivity contribution in [3.05, 3.63) is 59.7 Å². The van der Waals surface area contributed by atoms with Gasteiger partial charge in [-0.2, -0.15) is 13.2 Å². The van der Waals surface area contributed by atoms with Gasteiger partial charge in [0.05, 0.1) is 11.3 Å². The first-order chi connectivity index (χ1) is 11.8. The Kier molecular flexibility index (Phi) is 3.38. The molecule has 0 fully saturated rings. The Hall–Kier alpha value is -2.77. The van der Waals surface area contributed by atoms with Gasteiger partial charge in [0, 0.05) is 23.9 Å². The number of halogens is 4. The maximum absolute atomic E-state index is 14.7. The lowest BCUT2D eigenvalue weighted by atomic mass is 9.92. The Morgan fingerprint density at radius 2 is 1.92 bits per heavy atom. The number of benzene rings is 1. The molecule has 0 spiro atoms. The number of rotatable bonds is 1. The van der Waals surface area contributed by atoms with Crippen molar-refractivity contribution in [3.63, 3.8) is 0 Å². The van der Waals surface area contributed by atoms with Gasteiger partial charge >= 0.3 is 6.18 Å². The quantitative estimate of drug-likeness (QED) is 0.621. The lowest BCUT2D eigenvalue weighted by molar-refractivity contribution is -0.137. The van der Waals surface area contributed by atoms with Crippen LogP contribution in [0.3, 0.4) is 0 Å². The molecular formula is C17H12F4N4. The molecule has 4 rings (SSSR count). The van der Waals surface area contributed by atoms with Crippen molar-refractivity contribution in [2.75, 3.05) is 0 Å². The van der Waals surface area contributed by atoms with Crippen LogP contribution >= 0.6 is 0 Å². The van der Waals surface area contributed by atoms with E-state index in [1.54, 1.807) is 10.6 Å². The summed E-state index contributed by atoms with van der Waals surface area (Å²) in [5, 5.41) is 7.83. The van der Waals surface area contributed by atoms with Crippen molar-refractivity contribution < 1.29 is 17.6 Å². The molecule has 0 bridgehead atoms. The van der Waals surface area contributed by atoms with Gasteiger partial charge in [-0.1, -0.05) is 6.92 Å². The first-order valence-electron chi connectivity index (χ1n) is 7.60. The molecule has 1 aromatic carbocycles. The molecule has 128 valence electrons. The van der Waals surface area contributed by atoms with Gasteiger partial charge < -0.3 is 0 Å². The number of hydrogen-bond acceptors (Lipinski definition) is 3. The molecule has 0 amide bonds. The minimum absolute atomic E-state index is 0.0317. The van der Waals surface area contributed by atoms with Gasteiger partial charge in [-0.3, -0.25) is 9.55 Å². The molecule has 1 unspecified atom stereocenters. The minimum atomic E-state index is -4.50. The summed E-state index contributed by atoms with van der Waals surface area (Å²) >= 11 is 0. The van der Waals surface area contributed by atoms with Gasteiger partial charge in [0.2, 0.25) is 0 Å². The second kappa shape index (κ2) is 5.37. The van der Waals surface area contributed by atoms with Crippen LogP contribution in [0.15, 0.2) is 36.9 Å². The molecule has 8 heteroatoms. The van der Waals surface area contributed by atoms with Crippen molar-refractivity contribution in [2.24, 2.45) is 0 Å². The average molecular weight is 348 g/mol. The predicted molar refractivity (Wildman–Crippen MR) is 81.7 cm³/mol. The third kappa shape index (κ3) is 2.57. The molecule has 4 nitrogen and oxygen atoms in total. The fourth-order valence-corrected chi connectivity index (χ4v) is 3.17. The molecule has 1 aliphatic heterocycles. The number of fused-ring (bicyclic) bond motifs is 3. The maximum atomic E-state index is 14.7. The van der Waals surface area contributed by atoms with E-state index >= 15 is 0 Å². The molecule has 1 atom stereocenters. The minimum Gasteiger partial charge on any atom is -0.282 e. The Balaban J connectivity index is 1.85. The third-order valence-corrected chi connectivity index (χ3v) is 4.32. The lowest BCUT2D eigenvalue weighted by Gasteiger charge is -2.23. The predicted octanol–water partition coefficient (Wildman–Crippen LogP) is 4.15. The van der Waals surface area contributed by atoms with E-state index in [4.69, 9.17) is 0 Å². The molecule has 25 heavy (non-hydrogen) atoms. The zero-order valence-electron chi connectivity index (χ0n) is 13.0. The van der Waals surface area contributed by atoms with Crippen LogP contribution in [0.5, 0.6) is 0 Å². The smallest absolute Gasteiger partial charge is 0.282 e. The maximum Gasteiger partial charge on any atom is 0.417 e. The number of pyridine rings is 1. The number of alkyl halides is 3. The lowest BCUT2D eigenvalue weighted by Crippen LogP contribution is -2.17. The second-order valence-corrected chi connectivity index (χ2v) is 6.09. The summed E-state index contributed by atoms with van der Waals surface area (Å²) in [6, 6.07) is 3.90. The van der Waals surface area contributed by atoms with Gasteiger partial charge in [-0.05, 0) is 35.7 Å². The van der Waals surface area contributed by atoms with Crippen molar-refractivity contribution in [3.8, 4) is 16.8 Å². The van der Waals surface area contributed by atoms with Crippen LogP contribution in [0.2, 0.25) is 0 Å². The monoisotopic (exact) mass is 348 g/mol. The van der Waals surface area contributed by atoms with Crippen LogP contribution in [0.1, 0.15) is 29.8 Å². The molecular weight excluding hydrogens is 336 g/mol. The number of aromatic nitrogens is 4. The number of nitrogens with zero attached hydrogens (tertiary/aromatic N) is 4. The highest BCUT2D eigenvalue weighted by atomic mass is 19.4. The van der Waals surface area contributed by atoms with E-state index in [9.17, 15) is 17.6 Å². The molecule has 2 aromatic heterocycles. The van der Waals surface area contributed by atoms with E-state index in [1.165, 1.54) is 18.6 Å². The fourth-order valence-electron chi connectivity index (χ4n) is 3.17. The molecule has 0 saturated heterocycles. The molecule has 1 aliphatic rings. The Morgan fingerprint density at radius 3 is 2.68 bits per heavy atom. The van der Waals surface area contributed by atoms with Crippen LogP contribution in [0, 0.1) is 5.82 Å². The summed E-state index contributed by atoms with van der Waals surface area (Å²) in [6.45, 7) is 1.94. The molecule has 3 heterocycles. The molecule has 0 N–H and O–H groups in total. The van der Waals surface area contributed by atoms with Crippen LogP contribution in [0.4, 0.5) is 17.6 Å². The molecule has 0 saturated carbocycles. The SMILES string of the molecule is CC1Cc2cc(-c3cncc(C(F)(F)F)c3)cc(F)c2-n2cnnc21. The van der Waals surface area contributed by atoms with Crippen molar-refractivity contribution in [2.45, 2.75) is 25.4 Å². The normalized spacial score (nSPS) is 16.4. The Morgan fingerprint density at radius 1 is 1.12 bits per heavy atom. The highest BCUT2D eigenvalue weighted by Crippen LogP contribution is 2.36. The summed E-state index contributed by atoms with van der Waals surface area (Å²) < 4.78 is 55.0. The van der Waals surface area contributed by atoms with Crippen molar-refractivity contribution in [1.82, 2.24) is 19.7 Å². The van der Waals surface area contributed by atoms with Crippen LogP contribution in [0.25, 0.3) is 16.8 Å². The highest BCUT2D eigenvalue weighted by molar-refractivity contribution is 5.67. The summed E-state index contributed by atoms with van der Waals surface area (Å²) in [7, 11) is 0. The standard InChI is InChI=1S/C17H12F4N4/c1-9-2-11-3-10(12-4-13(7-22-6-12)17(19,20)21)5-14(18)15(11)25-8-23-24-16(9)25/h3-9H,2H2,1H3. The topological polar surface area (TPSA) is 43.6 Å². The van der Waals surface area contributed by atoms with Crippen LogP contribution < -0.4 is 0 Å². The van der Waals surface area contributed by atoms with E-state index in [1.807, 2.05) is 6.92 Å². The van der Waals surface area contributed by atoms with E-state index in [2.05, 4.69) is 15.2 Å². The summed E-state index contributed by atoms with van der Waals surface area (Å²) in [6.07, 6.45) is -0.470. The highest BCUT2D eigenvalue weighted by Gasteiger charge is 2.31. The summed E-state index contributed by atoms with van der Waals surface area (Å²) in [5.41, 5.74) is 0.767. The Labute approximate surface area is 140 Å². The molecule has 3 aromatic rings. The van der Waals surface area contributed by atoms with Gasteiger partial charge in [0.25, 0.3) is 0 Å². The van der Waals surface area contributed by atoms with E-state index in [0.29, 0.717) is 29.1 Å². The van der Waals surface area contributed by atoms with Gasteiger partial charge in [-0.15, -0.1) is 10.2 Å². The van der Waals surface area contributed by atoms with E-state index < -0.39 is 17.6 Å². The first kappa shape index (κ1) is 15.7. The average Bonchev–Trinajstić information content (AvgIpc) is 3.04. The fraction of sp³-hybridized carbons (Fsp3) is 0.235. The van der Waals surface area contributed by atoms with E-state index in [-0.39, 0.29) is 11.5 Å². The van der Waals surface area contributed by atoms with Gasteiger partial charge in [0.15, 0.2) is 0 Å². The zero-order valence-corrected chi connectivity index (χ0v) is 13.0. The Bertz CT molecular complexity index is 962. The summed E-state index contributed by atoms with van der Waals surface area (Å²) in [5.74, 6) is 0.169. The largest absolute Gasteiger partial charge is 0.417 e. The van der Waals surface area contributed by atoms with Gasteiger partial charge in [0.1, 0.15) is 18.0 Å².